The summed E-state index contributed by atoms with van der Waals surface area (Å²) in [5.74, 6) is -11.7. The number of nitrogens with zero attached hydrogens (tertiary/aromatic N) is 1. The molecule has 5 rings (SSSR count). The van der Waals surface area contributed by atoms with Crippen LogP contribution < -0.4 is 86.7 Å². The number of nitrogens with two attached hydrogens (primary N) is 4. The molecule has 3 saturated heterocycles. The second-order valence-corrected chi connectivity index (χ2v) is 32.5. The molecule has 20 N–H and O–H groups in total. The van der Waals surface area contributed by atoms with Crippen molar-refractivity contribution in [2.24, 2.45) is 58.4 Å². The number of fused-ring (bicyclic) bond motifs is 3. The van der Waals surface area contributed by atoms with Gasteiger partial charge in [-0.25, -0.2) is 0 Å². The average molecular weight is 1590 g/mol. The molecule has 3 aliphatic heterocycles. The number of hydrogen-bond acceptors (Lipinski definition) is 19. The van der Waals surface area contributed by atoms with Crippen LogP contribution in [-0.2, 0) is 84.8 Å². The summed E-state index contributed by atoms with van der Waals surface area (Å²) in [6.45, 7) is 21.7. The third kappa shape index (κ3) is 31.2. The van der Waals surface area contributed by atoms with Gasteiger partial charge in [0.25, 0.3) is 0 Å². The highest BCUT2D eigenvalue weighted by Crippen LogP contribution is 2.26. The van der Waals surface area contributed by atoms with Gasteiger partial charge in [0, 0.05) is 19.5 Å². The maximum Gasteiger partial charge on any atom is 0.249 e. The molecule has 3 aliphatic rings. The molecule has 0 aromatic heterocycles. The van der Waals surface area contributed by atoms with E-state index in [0.29, 0.717) is 12.0 Å². The third-order valence-corrected chi connectivity index (χ3v) is 20.4. The van der Waals surface area contributed by atoms with Crippen LogP contribution in [0.4, 0.5) is 0 Å². The zero-order chi connectivity index (χ0) is 83.6. The van der Waals surface area contributed by atoms with E-state index in [1.165, 1.54) is 4.90 Å². The van der Waals surface area contributed by atoms with Gasteiger partial charge in [-0.2, -0.15) is 0 Å². The molecule has 3 fully saturated rings. The summed E-state index contributed by atoms with van der Waals surface area (Å²) in [6, 6.07) is 3.02. The molecule has 0 radical (unpaired) electrons. The summed E-state index contributed by atoms with van der Waals surface area (Å²) in [6.07, 6.45) is -0.671. The average Bonchev–Trinajstić information content (AvgIpc) is 1.80. The number of nitrogens with one attached hydrogen (secondary N) is 12. The first kappa shape index (κ1) is 94.9. The lowest BCUT2D eigenvalue weighted by Gasteiger charge is -2.37. The van der Waals surface area contributed by atoms with E-state index < -0.39 is 185 Å². The molecule has 13 amide bonds. The zero-order valence-corrected chi connectivity index (χ0v) is 68.5. The predicted octanol–water partition coefficient (Wildman–Crippen LogP) is 0.878. The quantitative estimate of drug-likeness (QED) is 0.0621. The monoisotopic (exact) mass is 1580 g/mol. The van der Waals surface area contributed by atoms with E-state index in [-0.39, 0.29) is 160 Å². The molecule has 0 spiro atoms. The lowest BCUT2D eigenvalue weighted by Crippen LogP contribution is -2.62. The predicted molar refractivity (Wildman–Crippen MR) is 428 cm³/mol. The molecule has 2 aromatic rings. The Hall–Kier alpha value is -8.69. The first-order valence-corrected chi connectivity index (χ1v) is 40.8. The molecule has 32 nitrogen and oxygen atoms in total. The smallest absolute Gasteiger partial charge is 0.249 e. The highest BCUT2D eigenvalue weighted by Gasteiger charge is 2.44. The first-order chi connectivity index (χ1) is 53.7. The van der Waals surface area contributed by atoms with Gasteiger partial charge in [-0.3, -0.25) is 62.3 Å². The van der Waals surface area contributed by atoms with Crippen molar-refractivity contribution in [2.45, 2.75) is 283 Å². The van der Waals surface area contributed by atoms with Crippen molar-refractivity contribution >= 4 is 76.8 Å². The Morgan fingerprint density at radius 2 is 0.735 bits per heavy atom. The molecule has 15 atom stereocenters. The van der Waals surface area contributed by atoms with Gasteiger partial charge in [-0.05, 0) is 169 Å². The molecule has 3 heterocycles. The summed E-state index contributed by atoms with van der Waals surface area (Å²) in [7, 11) is 0. The lowest BCUT2D eigenvalue weighted by molar-refractivity contribution is -0.164. The summed E-state index contributed by atoms with van der Waals surface area (Å²) in [4.78, 5) is 193. The van der Waals surface area contributed by atoms with E-state index in [9.17, 15) is 57.5 Å². The van der Waals surface area contributed by atoms with Crippen molar-refractivity contribution in [2.75, 3.05) is 39.3 Å². The minimum atomic E-state index is -1.31. The number of benzene rings is 2. The van der Waals surface area contributed by atoms with E-state index in [1.807, 2.05) is 71.9 Å². The molecule has 32 heteroatoms. The first-order valence-electron chi connectivity index (χ1n) is 40.8. The maximum absolute atomic E-state index is 15.2. The Bertz CT molecular complexity index is 3400. The van der Waals surface area contributed by atoms with Crippen molar-refractivity contribution in [1.82, 2.24) is 68.7 Å². The molecule has 2 bridgehead atoms. The van der Waals surface area contributed by atoms with Crippen LogP contribution in [0.1, 0.15) is 191 Å². The molecule has 0 aliphatic carbocycles. The Kier molecular flexibility index (Phi) is 40.7. The molecule has 113 heavy (non-hydrogen) atoms. The molecular weight excluding hydrogens is 1450 g/mol. The van der Waals surface area contributed by atoms with Crippen LogP contribution in [0.15, 0.2) is 60.7 Å². The molecule has 2 aromatic carbocycles. The Balaban J connectivity index is 1.59. The van der Waals surface area contributed by atoms with Crippen LogP contribution in [0.3, 0.4) is 0 Å². The van der Waals surface area contributed by atoms with Crippen molar-refractivity contribution in [1.29, 1.82) is 0 Å². The van der Waals surface area contributed by atoms with E-state index in [4.69, 9.17) is 32.4 Å². The minimum absolute atomic E-state index is 0.000799. The summed E-state index contributed by atoms with van der Waals surface area (Å²) < 4.78 is 13.0. The van der Waals surface area contributed by atoms with Crippen LogP contribution in [0.2, 0.25) is 0 Å². The number of amides is 13. The SMILES string of the molecule is CC(C)C[C@@H]1NC(=O)[C@H](CCCN)NC(=O)[C@H](C(C)C)NC(=O)[C@@H]2CCCN2C(=O)[C@@H](Cc2ccccc2)NC(=O)[C@H](CC(C)C)NC(=O)[C@H](CCCN)NC(=O)[C@H](C(C)C)NC(=O)[C@H](CCCN)NC(=O)[C@H](CC(C)C)NC(=O)[C@H]2CC[C@H](OCc3ccccc3)[C@@H](CNC(=O)[C@H](C(C)C)NC(=O)[C@H](CCCN)NC1=O)O2. The molecule has 0 saturated carbocycles. The van der Waals surface area contributed by atoms with Gasteiger partial charge in [0.05, 0.1) is 12.7 Å². The van der Waals surface area contributed by atoms with E-state index in [0.717, 1.165) is 5.56 Å². The molecule has 632 valence electrons. The highest BCUT2D eigenvalue weighted by molar-refractivity contribution is 6.00. The summed E-state index contributed by atoms with van der Waals surface area (Å²) in [5.41, 5.74) is 25.5. The van der Waals surface area contributed by atoms with Crippen molar-refractivity contribution in [3.8, 4) is 0 Å². The Morgan fingerprint density at radius 1 is 0.389 bits per heavy atom. The topological polar surface area (TPSA) is 492 Å². The molecule has 0 unspecified atom stereocenters. The van der Waals surface area contributed by atoms with E-state index >= 15 is 4.79 Å². The van der Waals surface area contributed by atoms with Crippen LogP contribution in [0.25, 0.3) is 0 Å². The van der Waals surface area contributed by atoms with Crippen molar-refractivity contribution in [3.63, 3.8) is 0 Å². The fourth-order valence-corrected chi connectivity index (χ4v) is 14.1. The standard InChI is InChI=1S/C81H133N17O15/c1-46(2)40-58-73(103)87-56(30-21-37-84)71(101)95-66(49(7)8)78(108)86-44-65-63(112-45-53-26-17-14-18-27-53)33-34-64(113-65)77(107)93-60(42-48(5)6)74(104)88-57(31-22-38-85)72(102)96-67(50(9)10)79(109)89-54(28-19-35-82)70(100)92-59(41-47(3)4)75(105)94-61(43-52-24-15-13-16-25-52)81(111)98-39-23-32-62(98)76(106)97-68(51(11)12)80(110)90-55(29-20-36-83)69(99)91-58/h13-18,24-27,46-51,54-68H,19-23,28-45,82-85H2,1-12H3,(H,86,108)(H,87,103)(H,88,104)(H,89,109)(H,90,110)(H,91,99)(H,92,100)(H,93,107)(H,94,105)(H,95,101)(H,96,102)(H,97,106)/t54-,55-,56-,57-,58-,59-,60-,61+,62-,63-,64+,65+,66-,67-,68-/m0/s1. The number of ether oxygens (including phenoxy) is 2. The normalized spacial score (nSPS) is 27.0. The van der Waals surface area contributed by atoms with Crippen LogP contribution in [0, 0.1) is 35.5 Å². The molecular formula is C81H133N17O15. The van der Waals surface area contributed by atoms with E-state index in [1.54, 1.807) is 71.9 Å². The number of carbonyl (C=O) groups is 13. The van der Waals surface area contributed by atoms with Gasteiger partial charge < -0.3 is 101 Å². The van der Waals surface area contributed by atoms with Gasteiger partial charge >= 0.3 is 0 Å². The van der Waals surface area contributed by atoms with Crippen LogP contribution >= 0.6 is 0 Å². The van der Waals surface area contributed by atoms with Gasteiger partial charge in [0.1, 0.15) is 84.7 Å². The Labute approximate surface area is 667 Å². The van der Waals surface area contributed by atoms with Gasteiger partial charge in [-0.1, -0.05) is 144 Å². The van der Waals surface area contributed by atoms with Crippen molar-refractivity contribution in [3.05, 3.63) is 71.8 Å². The van der Waals surface area contributed by atoms with Crippen molar-refractivity contribution < 1.29 is 71.8 Å². The lowest BCUT2D eigenvalue weighted by atomic mass is 9.97. The minimum Gasteiger partial charge on any atom is -0.371 e. The second kappa shape index (κ2) is 48.5. The maximum atomic E-state index is 15.2. The summed E-state index contributed by atoms with van der Waals surface area (Å²) >= 11 is 0. The van der Waals surface area contributed by atoms with Gasteiger partial charge in [0.2, 0.25) is 76.8 Å². The largest absolute Gasteiger partial charge is 0.371 e. The van der Waals surface area contributed by atoms with E-state index in [2.05, 4.69) is 63.8 Å². The van der Waals surface area contributed by atoms with Crippen LogP contribution in [-0.4, -0.2) is 212 Å². The highest BCUT2D eigenvalue weighted by atomic mass is 16.6. The fraction of sp³-hybridized carbons (Fsp3) is 0.691. The van der Waals surface area contributed by atoms with Crippen LogP contribution in [0.5, 0.6) is 0 Å². The number of carbonyl (C=O) groups excluding carboxylic acids is 13. The Morgan fingerprint density at radius 3 is 1.13 bits per heavy atom. The number of hydrogen-bond donors (Lipinski definition) is 16. The third-order valence-electron chi connectivity index (χ3n) is 20.4. The van der Waals surface area contributed by atoms with Gasteiger partial charge in [-0.15, -0.1) is 0 Å². The fourth-order valence-electron chi connectivity index (χ4n) is 14.1. The number of rotatable bonds is 26. The van der Waals surface area contributed by atoms with Gasteiger partial charge in [0.15, 0.2) is 0 Å². The summed E-state index contributed by atoms with van der Waals surface area (Å²) in [5, 5.41) is 34.0. The second-order valence-electron chi connectivity index (χ2n) is 32.5. The zero-order valence-electron chi connectivity index (χ0n) is 68.5.